The molecule has 0 saturated heterocycles. The van der Waals surface area contributed by atoms with E-state index in [1.165, 1.54) is 5.56 Å². The van der Waals surface area contributed by atoms with Gasteiger partial charge in [0.1, 0.15) is 6.54 Å². The second-order valence-corrected chi connectivity index (χ2v) is 9.71. The molecule has 8 heteroatoms. The summed E-state index contributed by atoms with van der Waals surface area (Å²) < 4.78 is 37.2. The standard InChI is InChI=1S/C22H28N2O5S/c1-6-30(26,27)24(18-7-8-20-21(11-18)29-13-28-20)12-22(25)23-17(5)19-10-15(3)14(2)9-16(19)4/h7-11,17H,6,12-13H2,1-5H3,(H,23,25)/t17-/m1/s1. The number of benzene rings is 2. The van der Waals surface area contributed by atoms with Crippen LogP contribution >= 0.6 is 0 Å². The monoisotopic (exact) mass is 432 g/mol. The number of ether oxygens (including phenoxy) is 2. The highest BCUT2D eigenvalue weighted by Crippen LogP contribution is 2.36. The van der Waals surface area contributed by atoms with E-state index in [2.05, 4.69) is 17.4 Å². The van der Waals surface area contributed by atoms with Crippen LogP contribution < -0.4 is 19.1 Å². The van der Waals surface area contributed by atoms with Crippen LogP contribution in [0.1, 0.15) is 42.1 Å². The van der Waals surface area contributed by atoms with Crippen molar-refractivity contribution < 1.29 is 22.7 Å². The lowest BCUT2D eigenvalue weighted by Gasteiger charge is -2.25. The van der Waals surface area contributed by atoms with E-state index >= 15 is 0 Å². The molecule has 2 aromatic rings. The van der Waals surface area contributed by atoms with Crippen LogP contribution in [0.2, 0.25) is 0 Å². The lowest BCUT2D eigenvalue weighted by atomic mass is 9.96. The van der Waals surface area contributed by atoms with Gasteiger partial charge in [-0.3, -0.25) is 9.10 Å². The van der Waals surface area contributed by atoms with E-state index in [1.807, 2.05) is 27.7 Å². The van der Waals surface area contributed by atoms with Crippen molar-refractivity contribution in [2.45, 2.75) is 40.7 Å². The van der Waals surface area contributed by atoms with Crippen molar-refractivity contribution in [1.29, 1.82) is 0 Å². The van der Waals surface area contributed by atoms with E-state index in [-0.39, 0.29) is 31.0 Å². The van der Waals surface area contributed by atoms with Gasteiger partial charge in [0.05, 0.1) is 17.5 Å². The first-order valence-electron chi connectivity index (χ1n) is 9.89. The van der Waals surface area contributed by atoms with Crippen molar-refractivity contribution in [3.8, 4) is 11.5 Å². The maximum Gasteiger partial charge on any atom is 0.241 e. The van der Waals surface area contributed by atoms with Gasteiger partial charge in [0.15, 0.2) is 11.5 Å². The second-order valence-electron chi connectivity index (χ2n) is 7.53. The Hall–Kier alpha value is -2.74. The van der Waals surface area contributed by atoms with Crippen molar-refractivity contribution in [2.24, 2.45) is 0 Å². The fourth-order valence-electron chi connectivity index (χ4n) is 3.49. The third kappa shape index (κ3) is 4.53. The van der Waals surface area contributed by atoms with Gasteiger partial charge >= 0.3 is 0 Å². The van der Waals surface area contributed by atoms with Crippen molar-refractivity contribution in [3.05, 3.63) is 52.6 Å². The molecule has 162 valence electrons. The lowest BCUT2D eigenvalue weighted by Crippen LogP contribution is -2.42. The fourth-order valence-corrected chi connectivity index (χ4v) is 4.55. The molecule has 0 unspecified atom stereocenters. The number of fused-ring (bicyclic) bond motifs is 1. The van der Waals surface area contributed by atoms with Crippen LogP contribution in [-0.4, -0.2) is 33.4 Å². The summed E-state index contributed by atoms with van der Waals surface area (Å²) in [5.41, 5.74) is 4.80. The SMILES string of the molecule is CCS(=O)(=O)N(CC(=O)N[C@H](C)c1cc(C)c(C)cc1C)c1ccc2c(c1)OCO2. The molecular formula is C22H28N2O5S. The molecule has 0 saturated carbocycles. The molecular weight excluding hydrogens is 404 g/mol. The number of nitrogens with one attached hydrogen (secondary N) is 1. The van der Waals surface area contributed by atoms with Gasteiger partial charge in [0, 0.05) is 6.07 Å². The highest BCUT2D eigenvalue weighted by atomic mass is 32.2. The summed E-state index contributed by atoms with van der Waals surface area (Å²) in [5, 5.41) is 2.93. The Morgan fingerprint density at radius 3 is 2.43 bits per heavy atom. The molecule has 0 spiro atoms. The van der Waals surface area contributed by atoms with Crippen molar-refractivity contribution >= 4 is 21.6 Å². The second kappa shape index (κ2) is 8.55. The number of aryl methyl sites for hydroxylation is 3. The summed E-state index contributed by atoms with van der Waals surface area (Å²) in [7, 11) is -3.67. The van der Waals surface area contributed by atoms with Crippen LogP contribution in [0.5, 0.6) is 11.5 Å². The zero-order valence-electron chi connectivity index (χ0n) is 18.0. The Bertz CT molecular complexity index is 1070. The van der Waals surface area contributed by atoms with E-state index in [0.29, 0.717) is 17.2 Å². The molecule has 1 atom stereocenters. The van der Waals surface area contributed by atoms with Crippen LogP contribution in [0.3, 0.4) is 0 Å². The summed E-state index contributed by atoms with van der Waals surface area (Å²) in [6, 6.07) is 8.75. The molecule has 1 aliphatic rings. The van der Waals surface area contributed by atoms with Gasteiger partial charge in [-0.15, -0.1) is 0 Å². The average Bonchev–Trinajstić information content (AvgIpc) is 3.16. The molecule has 1 aliphatic heterocycles. The Morgan fingerprint density at radius 1 is 1.07 bits per heavy atom. The normalized spacial score (nSPS) is 13.8. The van der Waals surface area contributed by atoms with Crippen LogP contribution in [0, 0.1) is 20.8 Å². The third-order valence-corrected chi connectivity index (χ3v) is 7.10. The first-order valence-corrected chi connectivity index (χ1v) is 11.5. The molecule has 0 bridgehead atoms. The summed E-state index contributed by atoms with van der Waals surface area (Å²) in [5.74, 6) is 0.509. The number of sulfonamides is 1. The van der Waals surface area contributed by atoms with Crippen LogP contribution in [0.4, 0.5) is 5.69 Å². The Labute approximate surface area is 178 Å². The van der Waals surface area contributed by atoms with Crippen LogP contribution in [0.25, 0.3) is 0 Å². The van der Waals surface area contributed by atoms with Crippen LogP contribution in [0.15, 0.2) is 30.3 Å². The van der Waals surface area contributed by atoms with Crippen molar-refractivity contribution in [2.75, 3.05) is 23.4 Å². The van der Waals surface area contributed by atoms with E-state index in [1.54, 1.807) is 25.1 Å². The molecule has 0 aliphatic carbocycles. The number of carbonyl (C=O) groups excluding carboxylic acids is 1. The third-order valence-electron chi connectivity index (χ3n) is 5.36. The Balaban J connectivity index is 1.81. The molecule has 7 nitrogen and oxygen atoms in total. The number of rotatable bonds is 7. The predicted octanol–water partition coefficient (Wildman–Crippen LogP) is 3.37. The van der Waals surface area contributed by atoms with E-state index in [4.69, 9.17) is 9.47 Å². The van der Waals surface area contributed by atoms with Gasteiger partial charge in [-0.2, -0.15) is 0 Å². The minimum absolute atomic E-state index is 0.0899. The van der Waals surface area contributed by atoms with Gasteiger partial charge in [-0.25, -0.2) is 8.42 Å². The largest absolute Gasteiger partial charge is 0.454 e. The number of hydrogen-bond acceptors (Lipinski definition) is 5. The van der Waals surface area contributed by atoms with Gasteiger partial charge < -0.3 is 14.8 Å². The molecule has 1 N–H and O–H groups in total. The van der Waals surface area contributed by atoms with Crippen LogP contribution in [-0.2, 0) is 14.8 Å². The molecule has 3 rings (SSSR count). The summed E-state index contributed by atoms with van der Waals surface area (Å²) >= 11 is 0. The van der Waals surface area contributed by atoms with E-state index in [9.17, 15) is 13.2 Å². The minimum atomic E-state index is -3.67. The smallest absolute Gasteiger partial charge is 0.241 e. The predicted molar refractivity (Wildman–Crippen MR) is 117 cm³/mol. The number of hydrogen-bond donors (Lipinski definition) is 1. The quantitative estimate of drug-likeness (QED) is 0.725. The number of anilines is 1. The highest BCUT2D eigenvalue weighted by molar-refractivity contribution is 7.92. The first-order chi connectivity index (χ1) is 14.1. The molecule has 0 aromatic heterocycles. The van der Waals surface area contributed by atoms with Crippen molar-refractivity contribution in [3.63, 3.8) is 0 Å². The molecule has 0 fully saturated rings. The maximum absolute atomic E-state index is 12.8. The maximum atomic E-state index is 12.8. The lowest BCUT2D eigenvalue weighted by molar-refractivity contribution is -0.120. The zero-order valence-corrected chi connectivity index (χ0v) is 18.8. The Kier molecular flexibility index (Phi) is 6.26. The van der Waals surface area contributed by atoms with Gasteiger partial charge in [0.25, 0.3) is 0 Å². The van der Waals surface area contributed by atoms with Gasteiger partial charge in [-0.05, 0) is 69.0 Å². The van der Waals surface area contributed by atoms with Gasteiger partial charge in [0.2, 0.25) is 22.7 Å². The van der Waals surface area contributed by atoms with Crippen molar-refractivity contribution in [1.82, 2.24) is 5.32 Å². The Morgan fingerprint density at radius 2 is 1.73 bits per heavy atom. The summed E-state index contributed by atoms with van der Waals surface area (Å²) in [6.45, 7) is 9.31. The van der Waals surface area contributed by atoms with E-state index < -0.39 is 10.0 Å². The number of nitrogens with zero attached hydrogens (tertiary/aromatic N) is 1. The molecule has 1 amide bonds. The van der Waals surface area contributed by atoms with Gasteiger partial charge in [-0.1, -0.05) is 12.1 Å². The fraction of sp³-hybridized carbons (Fsp3) is 0.409. The summed E-state index contributed by atoms with van der Waals surface area (Å²) in [6.07, 6.45) is 0. The summed E-state index contributed by atoms with van der Waals surface area (Å²) in [4.78, 5) is 12.8. The topological polar surface area (TPSA) is 84.9 Å². The molecule has 2 aromatic carbocycles. The average molecular weight is 433 g/mol. The highest BCUT2D eigenvalue weighted by Gasteiger charge is 2.26. The minimum Gasteiger partial charge on any atom is -0.454 e. The van der Waals surface area contributed by atoms with E-state index in [0.717, 1.165) is 21.0 Å². The molecule has 1 heterocycles. The molecule has 0 radical (unpaired) electrons. The zero-order chi connectivity index (χ0) is 22.1. The number of carbonyl (C=O) groups is 1. The number of amides is 1. The first kappa shape index (κ1) is 22.0. The molecule has 30 heavy (non-hydrogen) atoms.